The molecule has 0 fully saturated rings. The lowest BCUT2D eigenvalue weighted by Crippen LogP contribution is -2.21. The van der Waals surface area contributed by atoms with Gasteiger partial charge in [0.1, 0.15) is 0 Å². The lowest BCUT2D eigenvalue weighted by atomic mass is 10.0. The zero-order chi connectivity index (χ0) is 15.4. The van der Waals surface area contributed by atoms with Gasteiger partial charge in [0.15, 0.2) is 6.61 Å². The Morgan fingerprint density at radius 1 is 1.29 bits per heavy atom. The minimum Gasteiger partial charge on any atom is -0.452 e. The summed E-state index contributed by atoms with van der Waals surface area (Å²) < 4.78 is 9.83. The first-order valence-corrected chi connectivity index (χ1v) is 6.44. The molecule has 0 bridgehead atoms. The Labute approximate surface area is 122 Å². The smallest absolute Gasteiger partial charge is 0.338 e. The van der Waals surface area contributed by atoms with Gasteiger partial charge in [0.05, 0.1) is 11.3 Å². The number of anilines is 1. The molecule has 1 aromatic heterocycles. The number of carbonyl (C=O) groups excluding carboxylic acids is 2. The van der Waals surface area contributed by atoms with E-state index in [9.17, 15) is 9.59 Å². The second kappa shape index (κ2) is 6.21. The quantitative estimate of drug-likeness (QED) is 0.874. The summed E-state index contributed by atoms with van der Waals surface area (Å²) in [5.41, 5.74) is 2.94. The zero-order valence-electron chi connectivity index (χ0n) is 12.1. The molecule has 2 aromatic rings. The van der Waals surface area contributed by atoms with Gasteiger partial charge >= 0.3 is 5.97 Å². The van der Waals surface area contributed by atoms with Crippen LogP contribution in [0.3, 0.4) is 0 Å². The van der Waals surface area contributed by atoms with Gasteiger partial charge in [-0.05, 0) is 38.0 Å². The third-order valence-electron chi connectivity index (χ3n) is 3.05. The summed E-state index contributed by atoms with van der Waals surface area (Å²) >= 11 is 0. The number of benzene rings is 1. The first-order chi connectivity index (χ1) is 9.97. The molecule has 6 nitrogen and oxygen atoms in total. The molecule has 0 aliphatic heterocycles. The van der Waals surface area contributed by atoms with Crippen LogP contribution in [0.25, 0.3) is 0 Å². The predicted molar refractivity (Wildman–Crippen MR) is 76.1 cm³/mol. The van der Waals surface area contributed by atoms with E-state index in [2.05, 4.69) is 10.5 Å². The first-order valence-electron chi connectivity index (χ1n) is 6.44. The van der Waals surface area contributed by atoms with Crippen molar-refractivity contribution in [1.29, 1.82) is 0 Å². The van der Waals surface area contributed by atoms with E-state index in [-0.39, 0.29) is 12.5 Å². The number of ether oxygens (including phenoxy) is 1. The van der Waals surface area contributed by atoms with Crippen LogP contribution in [0.2, 0.25) is 0 Å². The second-order valence-electron chi connectivity index (χ2n) is 4.70. The van der Waals surface area contributed by atoms with Gasteiger partial charge in [0.2, 0.25) is 5.88 Å². The number of carbonyl (C=O) groups is 2. The molecule has 21 heavy (non-hydrogen) atoms. The molecule has 0 atom stereocenters. The molecule has 0 spiro atoms. The van der Waals surface area contributed by atoms with Gasteiger partial charge in [-0.15, -0.1) is 0 Å². The number of amides is 1. The van der Waals surface area contributed by atoms with Crippen molar-refractivity contribution in [3.63, 3.8) is 0 Å². The lowest BCUT2D eigenvalue weighted by Gasteiger charge is -2.08. The van der Waals surface area contributed by atoms with E-state index in [1.807, 2.05) is 19.9 Å². The van der Waals surface area contributed by atoms with Crippen LogP contribution in [-0.4, -0.2) is 23.6 Å². The maximum atomic E-state index is 11.9. The number of esters is 1. The Hall–Kier alpha value is -2.63. The topological polar surface area (TPSA) is 81.4 Å². The summed E-state index contributed by atoms with van der Waals surface area (Å²) in [6.45, 7) is 5.10. The van der Waals surface area contributed by atoms with E-state index in [1.165, 1.54) is 0 Å². The molecule has 1 heterocycles. The Kier molecular flexibility index (Phi) is 4.37. The van der Waals surface area contributed by atoms with Crippen molar-refractivity contribution < 1.29 is 18.8 Å². The molecule has 0 aliphatic carbocycles. The number of hydrogen-bond donors (Lipinski definition) is 1. The van der Waals surface area contributed by atoms with E-state index in [0.29, 0.717) is 11.3 Å². The molecule has 0 aliphatic rings. The summed E-state index contributed by atoms with van der Waals surface area (Å²) in [4.78, 5) is 23.6. The number of rotatable bonds is 4. The summed E-state index contributed by atoms with van der Waals surface area (Å²) in [6.07, 6.45) is 0. The molecule has 0 saturated heterocycles. The van der Waals surface area contributed by atoms with Crippen molar-refractivity contribution in [2.45, 2.75) is 20.8 Å². The largest absolute Gasteiger partial charge is 0.452 e. The number of aromatic nitrogens is 1. The minimum atomic E-state index is -0.528. The highest BCUT2D eigenvalue weighted by molar-refractivity contribution is 5.95. The molecular formula is C15H16N2O4. The van der Waals surface area contributed by atoms with Crippen LogP contribution in [-0.2, 0) is 9.53 Å². The van der Waals surface area contributed by atoms with Crippen molar-refractivity contribution in [1.82, 2.24) is 5.16 Å². The van der Waals surface area contributed by atoms with Crippen LogP contribution in [0.4, 0.5) is 5.88 Å². The zero-order valence-corrected chi connectivity index (χ0v) is 12.1. The van der Waals surface area contributed by atoms with Crippen LogP contribution >= 0.6 is 0 Å². The van der Waals surface area contributed by atoms with E-state index < -0.39 is 11.9 Å². The maximum Gasteiger partial charge on any atom is 0.338 e. The fourth-order valence-electron chi connectivity index (χ4n) is 1.78. The SMILES string of the molecule is Cc1cc(NC(=O)COC(=O)c2cccc(C)c2C)on1. The van der Waals surface area contributed by atoms with Crippen molar-refractivity contribution in [2.24, 2.45) is 0 Å². The molecule has 1 amide bonds. The molecule has 0 radical (unpaired) electrons. The maximum absolute atomic E-state index is 11.9. The monoisotopic (exact) mass is 288 g/mol. The van der Waals surface area contributed by atoms with Gasteiger partial charge in [-0.2, -0.15) is 0 Å². The number of aryl methyl sites for hydroxylation is 2. The number of hydrogen-bond acceptors (Lipinski definition) is 5. The lowest BCUT2D eigenvalue weighted by molar-refractivity contribution is -0.119. The third-order valence-corrected chi connectivity index (χ3v) is 3.05. The standard InChI is InChI=1S/C15H16N2O4/c1-9-5-4-6-12(11(9)3)15(19)20-8-13(18)16-14-7-10(2)17-21-14/h4-7H,8H2,1-3H3,(H,16,18). The van der Waals surface area contributed by atoms with E-state index >= 15 is 0 Å². The molecule has 2 rings (SSSR count). The van der Waals surface area contributed by atoms with Gasteiger partial charge in [0.25, 0.3) is 5.91 Å². The Morgan fingerprint density at radius 3 is 2.71 bits per heavy atom. The molecule has 110 valence electrons. The van der Waals surface area contributed by atoms with Crippen LogP contribution in [0.1, 0.15) is 27.2 Å². The first kappa shape index (κ1) is 14.8. The van der Waals surface area contributed by atoms with Crippen molar-refractivity contribution >= 4 is 17.8 Å². The Morgan fingerprint density at radius 2 is 2.05 bits per heavy atom. The van der Waals surface area contributed by atoms with Gasteiger partial charge < -0.3 is 9.26 Å². The molecule has 6 heteroatoms. The summed E-state index contributed by atoms with van der Waals surface area (Å²) in [5.74, 6) is -0.787. The van der Waals surface area contributed by atoms with Gasteiger partial charge in [0, 0.05) is 6.07 Å². The molecule has 1 aromatic carbocycles. The van der Waals surface area contributed by atoms with E-state index in [0.717, 1.165) is 11.1 Å². The summed E-state index contributed by atoms with van der Waals surface area (Å²) in [5, 5.41) is 6.09. The third kappa shape index (κ3) is 3.68. The predicted octanol–water partition coefficient (Wildman–Crippen LogP) is 2.40. The van der Waals surface area contributed by atoms with Crippen LogP contribution < -0.4 is 5.32 Å². The number of nitrogens with one attached hydrogen (secondary N) is 1. The normalized spacial score (nSPS) is 10.2. The van der Waals surface area contributed by atoms with Gasteiger partial charge in [-0.1, -0.05) is 17.3 Å². The van der Waals surface area contributed by atoms with Gasteiger partial charge in [-0.3, -0.25) is 10.1 Å². The average Bonchev–Trinajstić information content (AvgIpc) is 2.84. The summed E-state index contributed by atoms with van der Waals surface area (Å²) in [7, 11) is 0. The van der Waals surface area contributed by atoms with Crippen LogP contribution in [0.15, 0.2) is 28.8 Å². The number of nitrogens with zero attached hydrogens (tertiary/aromatic N) is 1. The van der Waals surface area contributed by atoms with Crippen LogP contribution in [0.5, 0.6) is 0 Å². The molecule has 0 unspecified atom stereocenters. The van der Waals surface area contributed by atoms with Crippen LogP contribution in [0, 0.1) is 20.8 Å². The van der Waals surface area contributed by atoms with Gasteiger partial charge in [-0.25, -0.2) is 4.79 Å². The minimum absolute atomic E-state index is 0.222. The fraction of sp³-hybridized carbons (Fsp3) is 0.267. The highest BCUT2D eigenvalue weighted by Gasteiger charge is 2.14. The van der Waals surface area contributed by atoms with E-state index in [1.54, 1.807) is 25.1 Å². The fourth-order valence-corrected chi connectivity index (χ4v) is 1.78. The second-order valence-corrected chi connectivity index (χ2v) is 4.70. The van der Waals surface area contributed by atoms with Crippen molar-refractivity contribution in [3.8, 4) is 0 Å². The molecule has 0 saturated carbocycles. The molecule has 1 N–H and O–H groups in total. The highest BCUT2D eigenvalue weighted by atomic mass is 16.5. The molecular weight excluding hydrogens is 272 g/mol. The Bertz CT molecular complexity index is 676. The van der Waals surface area contributed by atoms with Crippen molar-refractivity contribution in [2.75, 3.05) is 11.9 Å². The highest BCUT2D eigenvalue weighted by Crippen LogP contribution is 2.14. The van der Waals surface area contributed by atoms with Crippen molar-refractivity contribution in [3.05, 3.63) is 46.6 Å². The summed E-state index contributed by atoms with van der Waals surface area (Å²) in [6, 6.07) is 6.92. The van der Waals surface area contributed by atoms with E-state index in [4.69, 9.17) is 9.26 Å². The Balaban J connectivity index is 1.92. The average molecular weight is 288 g/mol.